The first-order valence-electron chi connectivity index (χ1n) is 10.0. The number of ether oxygens (including phenoxy) is 1. The smallest absolute Gasteiger partial charge is 0.225 e. The van der Waals surface area contributed by atoms with Crippen LogP contribution in [-0.2, 0) is 4.74 Å². The zero-order valence-electron chi connectivity index (χ0n) is 16.6. The van der Waals surface area contributed by atoms with Gasteiger partial charge in [0.15, 0.2) is 5.65 Å². The molecule has 0 amide bonds. The van der Waals surface area contributed by atoms with Crippen molar-refractivity contribution in [3.8, 4) is 16.9 Å². The molecular formula is C22H20Cl2N6O. The van der Waals surface area contributed by atoms with Crippen molar-refractivity contribution < 1.29 is 4.74 Å². The van der Waals surface area contributed by atoms with Gasteiger partial charge in [-0.25, -0.2) is 9.67 Å². The number of benzene rings is 2. The zero-order valence-corrected chi connectivity index (χ0v) is 18.1. The maximum Gasteiger partial charge on any atom is 0.225 e. The second-order valence-corrected chi connectivity index (χ2v) is 8.21. The average molecular weight is 455 g/mol. The van der Waals surface area contributed by atoms with E-state index in [4.69, 9.17) is 38.7 Å². The number of hydrogen-bond acceptors (Lipinski definition) is 6. The van der Waals surface area contributed by atoms with Crippen molar-refractivity contribution in [2.75, 3.05) is 24.2 Å². The van der Waals surface area contributed by atoms with Crippen LogP contribution in [0.25, 0.3) is 28.0 Å². The molecule has 0 radical (unpaired) electrons. The van der Waals surface area contributed by atoms with Gasteiger partial charge < -0.3 is 15.8 Å². The molecule has 9 heteroatoms. The second-order valence-electron chi connectivity index (χ2n) is 7.37. The Morgan fingerprint density at radius 2 is 1.90 bits per heavy atom. The lowest BCUT2D eigenvalue weighted by atomic mass is 10.1. The van der Waals surface area contributed by atoms with Crippen LogP contribution in [0.1, 0.15) is 12.8 Å². The Morgan fingerprint density at radius 1 is 1.10 bits per heavy atom. The number of aromatic nitrogens is 4. The van der Waals surface area contributed by atoms with E-state index < -0.39 is 0 Å². The summed E-state index contributed by atoms with van der Waals surface area (Å²) in [4.78, 5) is 9.38. The second kappa shape index (κ2) is 8.34. The van der Waals surface area contributed by atoms with E-state index in [1.54, 1.807) is 10.7 Å². The van der Waals surface area contributed by atoms with Crippen molar-refractivity contribution >= 4 is 46.0 Å². The number of para-hydroxylation sites is 1. The van der Waals surface area contributed by atoms with Gasteiger partial charge in [0.25, 0.3) is 0 Å². The van der Waals surface area contributed by atoms with Crippen molar-refractivity contribution in [2.24, 2.45) is 0 Å². The van der Waals surface area contributed by atoms with Gasteiger partial charge in [-0.1, -0.05) is 47.5 Å². The third kappa shape index (κ3) is 3.92. The molecule has 1 aliphatic heterocycles. The van der Waals surface area contributed by atoms with E-state index in [9.17, 15) is 0 Å². The Labute approximate surface area is 189 Å². The van der Waals surface area contributed by atoms with Crippen LogP contribution in [0.2, 0.25) is 10.0 Å². The van der Waals surface area contributed by atoms with Crippen LogP contribution in [0, 0.1) is 0 Å². The van der Waals surface area contributed by atoms with E-state index in [1.165, 1.54) is 0 Å². The summed E-state index contributed by atoms with van der Waals surface area (Å²) in [6, 6.07) is 14.8. The fourth-order valence-corrected chi connectivity index (χ4v) is 4.07. The minimum absolute atomic E-state index is 0.157. The molecule has 7 nitrogen and oxygen atoms in total. The molecule has 1 saturated heterocycles. The van der Waals surface area contributed by atoms with Crippen LogP contribution >= 0.6 is 23.2 Å². The van der Waals surface area contributed by atoms with Crippen LogP contribution in [0.3, 0.4) is 0 Å². The van der Waals surface area contributed by atoms with E-state index in [0.717, 1.165) is 25.0 Å². The molecule has 4 aromatic rings. The first kappa shape index (κ1) is 20.1. The van der Waals surface area contributed by atoms with E-state index in [2.05, 4.69) is 15.4 Å². The predicted octanol–water partition coefficient (Wildman–Crippen LogP) is 4.96. The van der Waals surface area contributed by atoms with E-state index >= 15 is 0 Å². The Kier molecular flexibility index (Phi) is 5.40. The SMILES string of the molecule is Nc1c2c(-c3ccc(Cl)cc3)nc(NCC3CCCO3)nc2nn1-c1ccccc1Cl. The molecule has 3 heterocycles. The molecule has 31 heavy (non-hydrogen) atoms. The summed E-state index contributed by atoms with van der Waals surface area (Å²) in [5.41, 5.74) is 9.22. The highest BCUT2D eigenvalue weighted by molar-refractivity contribution is 6.32. The van der Waals surface area contributed by atoms with Gasteiger partial charge in [0.05, 0.1) is 27.9 Å². The van der Waals surface area contributed by atoms with Gasteiger partial charge >= 0.3 is 0 Å². The average Bonchev–Trinajstić information content (AvgIpc) is 3.41. The number of nitrogens with two attached hydrogens (primary N) is 1. The Hall–Kier alpha value is -2.87. The van der Waals surface area contributed by atoms with Crippen molar-refractivity contribution in [1.82, 2.24) is 19.7 Å². The van der Waals surface area contributed by atoms with Gasteiger partial charge in [-0.15, -0.1) is 5.10 Å². The molecule has 2 aromatic heterocycles. The molecular weight excluding hydrogens is 435 g/mol. The largest absolute Gasteiger partial charge is 0.383 e. The van der Waals surface area contributed by atoms with Gasteiger partial charge in [0.1, 0.15) is 5.82 Å². The summed E-state index contributed by atoms with van der Waals surface area (Å²) >= 11 is 12.5. The zero-order chi connectivity index (χ0) is 21.4. The lowest BCUT2D eigenvalue weighted by Crippen LogP contribution is -2.19. The summed E-state index contributed by atoms with van der Waals surface area (Å²) in [6.07, 6.45) is 2.25. The number of anilines is 2. The molecule has 5 rings (SSSR count). The van der Waals surface area contributed by atoms with Crippen LogP contribution < -0.4 is 11.1 Å². The summed E-state index contributed by atoms with van der Waals surface area (Å²) in [6.45, 7) is 1.42. The number of hydrogen-bond donors (Lipinski definition) is 2. The molecule has 158 valence electrons. The molecule has 0 spiro atoms. The molecule has 1 atom stereocenters. The van der Waals surface area contributed by atoms with Gasteiger partial charge in [0.2, 0.25) is 5.95 Å². The lowest BCUT2D eigenvalue weighted by molar-refractivity contribution is 0.120. The minimum atomic E-state index is 0.157. The van der Waals surface area contributed by atoms with Gasteiger partial charge in [-0.3, -0.25) is 0 Å². The minimum Gasteiger partial charge on any atom is -0.383 e. The van der Waals surface area contributed by atoms with Crippen LogP contribution in [0.4, 0.5) is 11.8 Å². The Balaban J connectivity index is 1.65. The van der Waals surface area contributed by atoms with Crippen LogP contribution in [-0.4, -0.2) is 39.0 Å². The summed E-state index contributed by atoms with van der Waals surface area (Å²) in [5.74, 6) is 0.885. The molecule has 1 aliphatic rings. The fourth-order valence-electron chi connectivity index (χ4n) is 3.72. The number of fused-ring (bicyclic) bond motifs is 1. The highest BCUT2D eigenvalue weighted by atomic mass is 35.5. The van der Waals surface area contributed by atoms with Crippen molar-refractivity contribution in [3.05, 3.63) is 58.6 Å². The molecule has 2 aromatic carbocycles. The van der Waals surface area contributed by atoms with Crippen LogP contribution in [0.15, 0.2) is 48.5 Å². The summed E-state index contributed by atoms with van der Waals surface area (Å²) in [5, 5.41) is 9.78. The molecule has 0 bridgehead atoms. The van der Waals surface area contributed by atoms with E-state index in [1.807, 2.05) is 42.5 Å². The predicted molar refractivity (Wildman–Crippen MR) is 124 cm³/mol. The Bertz CT molecular complexity index is 1230. The van der Waals surface area contributed by atoms with E-state index in [0.29, 0.717) is 50.8 Å². The van der Waals surface area contributed by atoms with Crippen molar-refractivity contribution in [3.63, 3.8) is 0 Å². The molecule has 0 saturated carbocycles. The standard InChI is InChI=1S/C22H20Cl2N6O/c23-14-9-7-13(8-10-14)19-18-20(25)30(17-6-2-1-5-16(17)24)29-21(18)28-22(27-19)26-12-15-4-3-11-31-15/h1-2,5-10,15H,3-4,11-12,25H2,(H,26,28,29). The highest BCUT2D eigenvalue weighted by Crippen LogP contribution is 2.34. The first-order chi connectivity index (χ1) is 15.1. The van der Waals surface area contributed by atoms with E-state index in [-0.39, 0.29) is 6.10 Å². The normalized spacial score (nSPS) is 16.1. The molecule has 0 aliphatic carbocycles. The number of nitrogens with zero attached hydrogens (tertiary/aromatic N) is 4. The maximum atomic E-state index is 6.53. The van der Waals surface area contributed by atoms with Crippen molar-refractivity contribution in [2.45, 2.75) is 18.9 Å². The molecule has 3 N–H and O–H groups in total. The third-order valence-corrected chi connectivity index (χ3v) is 5.85. The number of rotatable bonds is 5. The topological polar surface area (TPSA) is 90.9 Å². The van der Waals surface area contributed by atoms with Gasteiger partial charge in [0, 0.05) is 23.7 Å². The number of nitrogen functional groups attached to an aromatic ring is 1. The Morgan fingerprint density at radius 3 is 2.65 bits per heavy atom. The third-order valence-electron chi connectivity index (χ3n) is 5.28. The van der Waals surface area contributed by atoms with Crippen LogP contribution in [0.5, 0.6) is 0 Å². The highest BCUT2D eigenvalue weighted by Gasteiger charge is 2.21. The first-order valence-corrected chi connectivity index (χ1v) is 10.8. The summed E-state index contributed by atoms with van der Waals surface area (Å²) in [7, 11) is 0. The quantitative estimate of drug-likeness (QED) is 0.442. The van der Waals surface area contributed by atoms with Gasteiger partial charge in [-0.05, 0) is 37.1 Å². The number of halogens is 2. The number of nitrogens with one attached hydrogen (secondary N) is 1. The fraction of sp³-hybridized carbons (Fsp3) is 0.227. The lowest BCUT2D eigenvalue weighted by Gasteiger charge is -2.12. The van der Waals surface area contributed by atoms with Crippen molar-refractivity contribution in [1.29, 1.82) is 0 Å². The maximum absolute atomic E-state index is 6.53. The van der Waals surface area contributed by atoms with Gasteiger partial charge in [-0.2, -0.15) is 4.98 Å². The molecule has 1 unspecified atom stereocenters. The monoisotopic (exact) mass is 454 g/mol. The molecule has 1 fully saturated rings. The summed E-state index contributed by atoms with van der Waals surface area (Å²) < 4.78 is 7.30.